The summed E-state index contributed by atoms with van der Waals surface area (Å²) in [4.78, 5) is 17.2. The lowest BCUT2D eigenvalue weighted by atomic mass is 9.87. The highest BCUT2D eigenvalue weighted by Gasteiger charge is 2.21. The minimum absolute atomic E-state index is 0.0351. The van der Waals surface area contributed by atoms with Gasteiger partial charge in [0.1, 0.15) is 5.75 Å². The zero-order valence-corrected chi connectivity index (χ0v) is 22.2. The number of likely N-dealkylation sites (tertiary alicyclic amines) is 1. The summed E-state index contributed by atoms with van der Waals surface area (Å²) >= 11 is 1.52. The Balaban J connectivity index is 0.00000176. The number of piperidine rings is 1. The second-order valence-corrected chi connectivity index (χ2v) is 10.2. The number of amides is 1. The number of hydrogen-bond donors (Lipinski definition) is 0. The van der Waals surface area contributed by atoms with Crippen molar-refractivity contribution >= 4 is 39.5 Å². The SMILES string of the molecule is C#C.C=Cc1ccc(C2CCN(CCCOc3cccc4sc(C(=O)N(C)C)cc34)CC2)cc1C=C. The van der Waals surface area contributed by atoms with E-state index in [2.05, 4.69) is 49.1 Å². The molecule has 3 aromatic rings. The molecule has 36 heavy (non-hydrogen) atoms. The normalized spacial score (nSPS) is 14.0. The lowest BCUT2D eigenvalue weighted by Gasteiger charge is -2.32. The maximum absolute atomic E-state index is 12.3. The first kappa shape index (κ1) is 27.3. The largest absolute Gasteiger partial charge is 0.493 e. The van der Waals surface area contributed by atoms with Gasteiger partial charge < -0.3 is 14.5 Å². The van der Waals surface area contributed by atoms with E-state index in [1.807, 2.05) is 36.4 Å². The van der Waals surface area contributed by atoms with Crippen molar-refractivity contribution in [3.8, 4) is 18.6 Å². The van der Waals surface area contributed by atoms with Crippen LogP contribution in [0.1, 0.15) is 51.5 Å². The first-order valence-corrected chi connectivity index (χ1v) is 13.1. The van der Waals surface area contributed by atoms with Crippen LogP contribution in [0.3, 0.4) is 0 Å². The zero-order valence-electron chi connectivity index (χ0n) is 21.4. The summed E-state index contributed by atoms with van der Waals surface area (Å²) in [6.07, 6.45) is 15.2. The predicted octanol–water partition coefficient (Wildman–Crippen LogP) is 6.79. The minimum Gasteiger partial charge on any atom is -0.493 e. The van der Waals surface area contributed by atoms with E-state index in [9.17, 15) is 4.79 Å². The van der Waals surface area contributed by atoms with Gasteiger partial charge in [-0.2, -0.15) is 0 Å². The van der Waals surface area contributed by atoms with Crippen molar-refractivity contribution in [3.63, 3.8) is 0 Å². The lowest BCUT2D eigenvalue weighted by Crippen LogP contribution is -2.34. The molecule has 2 aromatic carbocycles. The van der Waals surface area contributed by atoms with Crippen LogP contribution in [0.25, 0.3) is 22.2 Å². The standard InChI is InChI=1S/C29H34N2O2S.C2H2/c1-5-21-11-12-24(19-22(21)6-2)23-13-16-31(17-14-23)15-8-18-33-26-9-7-10-27-25(26)20-28(34-27)29(32)30(3)4;1-2/h5-7,9-12,19-20,23H,1-2,8,13-18H2,3-4H3;1-2H. The summed E-state index contributed by atoms with van der Waals surface area (Å²) in [5.74, 6) is 1.51. The second kappa shape index (κ2) is 13.1. The molecule has 1 aliphatic rings. The third-order valence-corrected chi connectivity index (χ3v) is 7.71. The fraction of sp³-hybridized carbons (Fsp3) is 0.323. The zero-order chi connectivity index (χ0) is 26.1. The van der Waals surface area contributed by atoms with Crippen LogP contribution in [-0.4, -0.2) is 56.0 Å². The van der Waals surface area contributed by atoms with Crippen LogP contribution in [0, 0.1) is 12.8 Å². The Hall–Kier alpha value is -3.33. The van der Waals surface area contributed by atoms with Gasteiger partial charge in [0.25, 0.3) is 5.91 Å². The molecule has 1 aromatic heterocycles. The number of rotatable bonds is 9. The van der Waals surface area contributed by atoms with Gasteiger partial charge in [0.05, 0.1) is 11.5 Å². The fourth-order valence-electron chi connectivity index (χ4n) is 4.66. The van der Waals surface area contributed by atoms with Crippen molar-refractivity contribution in [3.05, 3.63) is 77.2 Å². The van der Waals surface area contributed by atoms with Crippen molar-refractivity contribution in [2.24, 2.45) is 0 Å². The van der Waals surface area contributed by atoms with Crippen LogP contribution < -0.4 is 4.74 Å². The molecular weight excluding hydrogens is 464 g/mol. The highest BCUT2D eigenvalue weighted by Crippen LogP contribution is 2.34. The number of thiophene rings is 1. The van der Waals surface area contributed by atoms with Gasteiger partial charge in [-0.1, -0.05) is 49.6 Å². The van der Waals surface area contributed by atoms with E-state index in [1.54, 1.807) is 19.0 Å². The van der Waals surface area contributed by atoms with Gasteiger partial charge >= 0.3 is 0 Å². The molecule has 0 aliphatic carbocycles. The van der Waals surface area contributed by atoms with Gasteiger partial charge in [0.2, 0.25) is 0 Å². The molecule has 0 spiro atoms. The molecule has 4 nitrogen and oxygen atoms in total. The molecule has 0 bridgehead atoms. The first-order chi connectivity index (χ1) is 17.5. The molecular formula is C31H36N2O2S. The Bertz CT molecular complexity index is 1220. The molecule has 1 amide bonds. The Labute approximate surface area is 219 Å². The number of ether oxygens (including phenoxy) is 1. The number of nitrogens with zero attached hydrogens (tertiary/aromatic N) is 2. The van der Waals surface area contributed by atoms with Crippen LogP contribution >= 0.6 is 11.3 Å². The van der Waals surface area contributed by atoms with Crippen molar-refractivity contribution in [1.82, 2.24) is 9.80 Å². The molecule has 1 saturated heterocycles. The maximum atomic E-state index is 12.3. The summed E-state index contributed by atoms with van der Waals surface area (Å²) in [6.45, 7) is 11.8. The average molecular weight is 501 g/mol. The van der Waals surface area contributed by atoms with Gasteiger partial charge in [0.15, 0.2) is 0 Å². The van der Waals surface area contributed by atoms with Crippen LogP contribution in [0.15, 0.2) is 55.6 Å². The smallest absolute Gasteiger partial charge is 0.263 e. The summed E-state index contributed by atoms with van der Waals surface area (Å²) in [5, 5.41) is 1.03. The third kappa shape index (κ3) is 6.46. The Morgan fingerprint density at radius 1 is 1.11 bits per heavy atom. The molecule has 4 rings (SSSR count). The van der Waals surface area contributed by atoms with Gasteiger partial charge in [-0.3, -0.25) is 4.79 Å². The number of carbonyl (C=O) groups excluding carboxylic acids is 1. The molecule has 2 heterocycles. The van der Waals surface area contributed by atoms with E-state index < -0.39 is 0 Å². The van der Waals surface area contributed by atoms with Crippen LogP contribution in [0.5, 0.6) is 5.75 Å². The van der Waals surface area contributed by atoms with E-state index in [-0.39, 0.29) is 5.91 Å². The Morgan fingerprint density at radius 2 is 1.83 bits per heavy atom. The van der Waals surface area contributed by atoms with Crippen LogP contribution in [-0.2, 0) is 0 Å². The molecule has 188 valence electrons. The van der Waals surface area contributed by atoms with Gasteiger partial charge in [-0.25, -0.2) is 0 Å². The topological polar surface area (TPSA) is 32.8 Å². The predicted molar refractivity (Wildman–Crippen MR) is 155 cm³/mol. The fourth-order valence-corrected chi connectivity index (χ4v) is 5.76. The van der Waals surface area contributed by atoms with E-state index in [0.29, 0.717) is 12.5 Å². The highest BCUT2D eigenvalue weighted by atomic mass is 32.1. The van der Waals surface area contributed by atoms with E-state index >= 15 is 0 Å². The number of carbonyl (C=O) groups is 1. The number of benzene rings is 2. The minimum atomic E-state index is 0.0351. The van der Waals surface area contributed by atoms with Gasteiger partial charge in [-0.05, 0) is 73.2 Å². The number of fused-ring (bicyclic) bond motifs is 1. The number of hydrogen-bond acceptors (Lipinski definition) is 4. The molecule has 0 atom stereocenters. The van der Waals surface area contributed by atoms with E-state index in [0.717, 1.165) is 52.3 Å². The van der Waals surface area contributed by atoms with Crippen molar-refractivity contribution in [1.29, 1.82) is 0 Å². The van der Waals surface area contributed by atoms with Gasteiger partial charge in [-0.15, -0.1) is 24.2 Å². The van der Waals surface area contributed by atoms with Gasteiger partial charge in [0, 0.05) is 30.7 Å². The molecule has 0 unspecified atom stereocenters. The molecule has 1 aliphatic heterocycles. The van der Waals surface area contributed by atoms with Crippen LogP contribution in [0.4, 0.5) is 0 Å². The quantitative estimate of drug-likeness (QED) is 0.240. The van der Waals surface area contributed by atoms with E-state index in [1.165, 1.54) is 35.3 Å². The molecule has 1 fully saturated rings. The lowest BCUT2D eigenvalue weighted by molar-refractivity contribution is 0.0832. The molecule has 0 saturated carbocycles. The third-order valence-electron chi connectivity index (χ3n) is 6.62. The first-order valence-electron chi connectivity index (χ1n) is 12.3. The van der Waals surface area contributed by atoms with E-state index in [4.69, 9.17) is 4.74 Å². The Morgan fingerprint density at radius 3 is 2.50 bits per heavy atom. The summed E-state index contributed by atoms with van der Waals surface area (Å²) in [7, 11) is 3.56. The Kier molecular flexibility index (Phi) is 9.93. The van der Waals surface area contributed by atoms with Crippen LogP contribution in [0.2, 0.25) is 0 Å². The highest BCUT2D eigenvalue weighted by molar-refractivity contribution is 7.20. The molecule has 5 heteroatoms. The monoisotopic (exact) mass is 500 g/mol. The second-order valence-electron chi connectivity index (χ2n) is 9.09. The van der Waals surface area contributed by atoms with Crippen molar-refractivity contribution in [2.75, 3.05) is 40.3 Å². The summed E-state index contributed by atoms with van der Waals surface area (Å²) in [5.41, 5.74) is 3.74. The average Bonchev–Trinajstić information content (AvgIpc) is 3.37. The summed E-state index contributed by atoms with van der Waals surface area (Å²) in [6, 6.07) is 14.7. The maximum Gasteiger partial charge on any atom is 0.263 e. The molecule has 0 N–H and O–H groups in total. The molecule has 0 radical (unpaired) electrons. The van der Waals surface area contributed by atoms with Crippen molar-refractivity contribution < 1.29 is 9.53 Å². The number of terminal acetylenes is 1. The summed E-state index contributed by atoms with van der Waals surface area (Å²) < 4.78 is 7.23. The van der Waals surface area contributed by atoms with Crippen molar-refractivity contribution in [2.45, 2.75) is 25.2 Å².